The summed E-state index contributed by atoms with van der Waals surface area (Å²) in [6.07, 6.45) is 6.00. The SMILES string of the molecule is COc1cc(C2SCCS2)ccc1OC(=O)C12CC3CC(CC(Cl)(C3)C1)C2. The Labute approximate surface area is 174 Å². The van der Waals surface area contributed by atoms with Crippen LogP contribution in [0.5, 0.6) is 11.5 Å². The van der Waals surface area contributed by atoms with E-state index in [1.807, 2.05) is 35.7 Å². The third-order valence-corrected chi connectivity index (χ3v) is 10.3. The van der Waals surface area contributed by atoms with E-state index < -0.39 is 5.41 Å². The highest BCUT2D eigenvalue weighted by molar-refractivity contribution is 8.19. The summed E-state index contributed by atoms with van der Waals surface area (Å²) < 4.78 is 12.0. The number of rotatable bonds is 4. The minimum Gasteiger partial charge on any atom is -0.493 e. The summed E-state index contributed by atoms with van der Waals surface area (Å²) in [6, 6.07) is 6.01. The molecule has 5 aliphatic rings. The number of hydrogen-bond acceptors (Lipinski definition) is 5. The molecule has 4 aliphatic carbocycles. The summed E-state index contributed by atoms with van der Waals surface area (Å²) in [6.45, 7) is 0. The maximum atomic E-state index is 13.3. The van der Waals surface area contributed by atoms with Crippen LogP contribution in [0.4, 0.5) is 0 Å². The molecule has 0 radical (unpaired) electrons. The van der Waals surface area contributed by atoms with Gasteiger partial charge in [-0.15, -0.1) is 35.1 Å². The lowest BCUT2D eigenvalue weighted by molar-refractivity contribution is -0.160. The van der Waals surface area contributed by atoms with Crippen LogP contribution in [-0.4, -0.2) is 29.5 Å². The summed E-state index contributed by atoms with van der Waals surface area (Å²) in [5, 5.41) is 0. The molecule has 0 spiro atoms. The highest BCUT2D eigenvalue weighted by Gasteiger charge is 2.61. The Hall–Kier alpha value is -0.520. The molecule has 4 bridgehead atoms. The number of alkyl halides is 1. The van der Waals surface area contributed by atoms with Crippen LogP contribution < -0.4 is 9.47 Å². The first-order valence-electron chi connectivity index (χ1n) is 9.81. The van der Waals surface area contributed by atoms with Crippen molar-refractivity contribution in [3.05, 3.63) is 23.8 Å². The summed E-state index contributed by atoms with van der Waals surface area (Å²) in [5.41, 5.74) is 0.834. The molecular formula is C21H25ClO3S2. The van der Waals surface area contributed by atoms with Gasteiger partial charge >= 0.3 is 5.97 Å². The first-order valence-corrected chi connectivity index (χ1v) is 12.3. The zero-order chi connectivity index (χ0) is 18.6. The first-order chi connectivity index (χ1) is 13.0. The number of hydrogen-bond donors (Lipinski definition) is 0. The molecule has 0 amide bonds. The van der Waals surface area contributed by atoms with Crippen molar-refractivity contribution in [1.82, 2.24) is 0 Å². The van der Waals surface area contributed by atoms with Crippen molar-refractivity contribution >= 4 is 41.1 Å². The van der Waals surface area contributed by atoms with E-state index in [2.05, 4.69) is 6.07 Å². The minimum atomic E-state index is -0.396. The second-order valence-electron chi connectivity index (χ2n) is 8.77. The van der Waals surface area contributed by atoms with E-state index in [0.717, 1.165) is 32.1 Å². The fourth-order valence-corrected chi connectivity index (χ4v) is 9.59. The van der Waals surface area contributed by atoms with E-state index in [1.165, 1.54) is 23.5 Å². The van der Waals surface area contributed by atoms with Crippen LogP contribution >= 0.6 is 35.1 Å². The van der Waals surface area contributed by atoms with Crippen LogP contribution in [0, 0.1) is 17.3 Å². The molecule has 4 saturated carbocycles. The summed E-state index contributed by atoms with van der Waals surface area (Å²) in [5.74, 6) is 4.61. The Kier molecular flexibility index (Phi) is 4.64. The predicted octanol–water partition coefficient (Wildman–Crippen LogP) is 5.66. The molecule has 6 heteroatoms. The molecule has 1 aromatic rings. The Morgan fingerprint density at radius 1 is 1.11 bits per heavy atom. The van der Waals surface area contributed by atoms with Gasteiger partial charge in [-0.3, -0.25) is 4.79 Å². The Morgan fingerprint density at radius 2 is 1.81 bits per heavy atom. The van der Waals surface area contributed by atoms with Crippen molar-refractivity contribution in [2.75, 3.05) is 18.6 Å². The normalized spacial score (nSPS) is 37.6. The van der Waals surface area contributed by atoms with Gasteiger partial charge in [0.15, 0.2) is 11.5 Å². The second kappa shape index (κ2) is 6.77. The maximum absolute atomic E-state index is 13.3. The zero-order valence-corrected chi connectivity index (χ0v) is 17.9. The predicted molar refractivity (Wildman–Crippen MR) is 112 cm³/mol. The monoisotopic (exact) mass is 424 g/mol. The van der Waals surface area contributed by atoms with Crippen LogP contribution in [0.3, 0.4) is 0 Å². The van der Waals surface area contributed by atoms with E-state index in [4.69, 9.17) is 21.1 Å². The van der Waals surface area contributed by atoms with Crippen molar-refractivity contribution in [2.24, 2.45) is 17.3 Å². The van der Waals surface area contributed by atoms with Gasteiger partial charge < -0.3 is 9.47 Å². The average molecular weight is 425 g/mol. The minimum absolute atomic E-state index is 0.0997. The van der Waals surface area contributed by atoms with Gasteiger partial charge in [0.2, 0.25) is 0 Å². The summed E-state index contributed by atoms with van der Waals surface area (Å²) >= 11 is 10.8. The largest absolute Gasteiger partial charge is 0.493 e. The van der Waals surface area contributed by atoms with E-state index in [0.29, 0.717) is 27.9 Å². The smallest absolute Gasteiger partial charge is 0.317 e. The zero-order valence-electron chi connectivity index (χ0n) is 15.5. The number of carbonyl (C=O) groups excluding carboxylic acids is 1. The molecule has 146 valence electrons. The molecule has 2 unspecified atom stereocenters. The molecule has 0 N–H and O–H groups in total. The Bertz CT molecular complexity index is 748. The lowest BCUT2D eigenvalue weighted by atomic mass is 9.49. The van der Waals surface area contributed by atoms with E-state index in [-0.39, 0.29) is 10.8 Å². The summed E-state index contributed by atoms with van der Waals surface area (Å²) in [7, 11) is 1.64. The molecule has 1 aliphatic heterocycles. The molecule has 1 saturated heterocycles. The van der Waals surface area contributed by atoms with Crippen molar-refractivity contribution in [3.8, 4) is 11.5 Å². The van der Waals surface area contributed by atoms with E-state index in [1.54, 1.807) is 7.11 Å². The van der Waals surface area contributed by atoms with Gasteiger partial charge in [-0.05, 0) is 68.1 Å². The van der Waals surface area contributed by atoms with Crippen LogP contribution in [0.2, 0.25) is 0 Å². The maximum Gasteiger partial charge on any atom is 0.317 e. The van der Waals surface area contributed by atoms with E-state index in [9.17, 15) is 4.79 Å². The molecule has 2 atom stereocenters. The lowest BCUT2D eigenvalue weighted by Crippen LogP contribution is -2.56. The number of esters is 1. The Morgan fingerprint density at radius 3 is 2.44 bits per heavy atom. The van der Waals surface area contributed by atoms with Gasteiger partial charge in [0.1, 0.15) is 0 Å². The number of benzene rings is 1. The average Bonchev–Trinajstić information content (AvgIpc) is 3.14. The molecule has 6 rings (SSSR count). The number of thioether (sulfide) groups is 2. The van der Waals surface area contributed by atoms with Gasteiger partial charge in [-0.2, -0.15) is 0 Å². The summed E-state index contributed by atoms with van der Waals surface area (Å²) in [4.78, 5) is 13.1. The third kappa shape index (κ3) is 3.28. The highest BCUT2D eigenvalue weighted by atomic mass is 35.5. The molecule has 1 aromatic carbocycles. The number of halogens is 1. The van der Waals surface area contributed by atoms with Crippen molar-refractivity contribution in [3.63, 3.8) is 0 Å². The van der Waals surface area contributed by atoms with Gasteiger partial charge in [0, 0.05) is 16.4 Å². The highest BCUT2D eigenvalue weighted by Crippen LogP contribution is 2.64. The molecule has 0 aromatic heterocycles. The van der Waals surface area contributed by atoms with Crippen LogP contribution in [0.15, 0.2) is 18.2 Å². The molecule has 1 heterocycles. The van der Waals surface area contributed by atoms with Crippen molar-refractivity contribution in [2.45, 2.75) is 48.0 Å². The second-order valence-corrected chi connectivity index (χ2v) is 12.3. The number of methoxy groups -OCH3 is 1. The van der Waals surface area contributed by atoms with Crippen LogP contribution in [-0.2, 0) is 4.79 Å². The number of ether oxygens (including phenoxy) is 2. The molecular weight excluding hydrogens is 400 g/mol. The quantitative estimate of drug-likeness (QED) is 0.354. The van der Waals surface area contributed by atoms with Gasteiger partial charge in [0.25, 0.3) is 0 Å². The lowest BCUT2D eigenvalue weighted by Gasteiger charge is -2.58. The van der Waals surface area contributed by atoms with Gasteiger partial charge in [0.05, 0.1) is 17.1 Å². The fourth-order valence-electron chi connectivity index (χ4n) is 6.06. The van der Waals surface area contributed by atoms with Crippen molar-refractivity contribution < 1.29 is 14.3 Å². The third-order valence-electron chi connectivity index (χ3n) is 6.71. The van der Waals surface area contributed by atoms with E-state index >= 15 is 0 Å². The topological polar surface area (TPSA) is 35.5 Å². The molecule has 5 fully saturated rings. The molecule has 27 heavy (non-hydrogen) atoms. The van der Waals surface area contributed by atoms with Crippen LogP contribution in [0.1, 0.15) is 48.7 Å². The fraction of sp³-hybridized carbons (Fsp3) is 0.667. The molecule has 3 nitrogen and oxygen atoms in total. The number of carbonyl (C=O) groups is 1. The first kappa shape index (κ1) is 18.5. The van der Waals surface area contributed by atoms with Crippen molar-refractivity contribution in [1.29, 1.82) is 0 Å². The van der Waals surface area contributed by atoms with Gasteiger partial charge in [-0.1, -0.05) is 6.07 Å². The van der Waals surface area contributed by atoms with Gasteiger partial charge in [-0.25, -0.2) is 0 Å². The standard InChI is InChI=1S/C21H25ClO3S2/c1-24-17-7-15(18-26-4-5-27-18)2-3-16(17)25-19(23)20-8-13-6-14(9-20)11-21(22,10-13)12-20/h2-3,7,13-14,18H,4-6,8-12H2,1H3. The Balaban J connectivity index is 1.38. The van der Waals surface area contributed by atoms with Crippen LogP contribution in [0.25, 0.3) is 0 Å².